The Kier molecular flexibility index (Phi) is 3.65. The molecule has 0 saturated heterocycles. The number of aliphatic carboxylic acids is 1. The van der Waals surface area contributed by atoms with E-state index in [0.717, 1.165) is 0 Å². The van der Waals surface area contributed by atoms with Crippen LogP contribution in [0.25, 0.3) is 11.0 Å². The number of carbonyl (C=O) groups is 2. The van der Waals surface area contributed by atoms with Crippen LogP contribution < -0.4 is 10.1 Å². The van der Waals surface area contributed by atoms with Crippen LogP contribution in [0.5, 0.6) is 5.75 Å². The second-order valence-electron chi connectivity index (χ2n) is 4.43. The minimum atomic E-state index is -1.10. The maximum absolute atomic E-state index is 12.2. The summed E-state index contributed by atoms with van der Waals surface area (Å²) in [5.41, 5.74) is 0.878. The van der Waals surface area contributed by atoms with Gasteiger partial charge >= 0.3 is 5.97 Å². The summed E-state index contributed by atoms with van der Waals surface area (Å²) < 4.78 is 10.6. The Morgan fingerprint density at radius 2 is 2.10 bits per heavy atom. The van der Waals surface area contributed by atoms with Gasteiger partial charge in [-0.15, -0.1) is 0 Å². The maximum Gasteiger partial charge on any atom is 0.325 e. The van der Waals surface area contributed by atoms with Crippen molar-refractivity contribution >= 4 is 22.8 Å². The molecule has 0 fully saturated rings. The molecule has 2 rings (SSSR count). The molecule has 0 saturated carbocycles. The number of benzene rings is 1. The van der Waals surface area contributed by atoms with Crippen LogP contribution in [0.15, 0.2) is 22.6 Å². The Morgan fingerprint density at radius 1 is 1.40 bits per heavy atom. The number of fused-ring (bicyclic) bond motifs is 1. The first-order valence-corrected chi connectivity index (χ1v) is 6.05. The number of nitrogens with one attached hydrogen (secondary N) is 1. The molecule has 106 valence electrons. The smallest absolute Gasteiger partial charge is 0.325 e. The highest BCUT2D eigenvalue weighted by Gasteiger charge is 2.22. The number of aryl methyl sites for hydroxylation is 1. The van der Waals surface area contributed by atoms with Crippen molar-refractivity contribution in [3.05, 3.63) is 29.5 Å². The van der Waals surface area contributed by atoms with Crippen LogP contribution in [0.3, 0.4) is 0 Å². The van der Waals surface area contributed by atoms with Gasteiger partial charge in [-0.1, -0.05) is 0 Å². The molecule has 0 aliphatic heterocycles. The van der Waals surface area contributed by atoms with E-state index in [1.807, 2.05) is 0 Å². The van der Waals surface area contributed by atoms with Gasteiger partial charge in [0.2, 0.25) is 0 Å². The van der Waals surface area contributed by atoms with Crippen molar-refractivity contribution in [2.45, 2.75) is 19.9 Å². The van der Waals surface area contributed by atoms with Crippen molar-refractivity contribution in [3.63, 3.8) is 0 Å². The van der Waals surface area contributed by atoms with Gasteiger partial charge in [0.15, 0.2) is 0 Å². The molecule has 2 aromatic rings. The number of hydrogen-bond acceptors (Lipinski definition) is 4. The minimum absolute atomic E-state index is 0.326. The molecule has 0 radical (unpaired) electrons. The molecule has 6 nitrogen and oxygen atoms in total. The van der Waals surface area contributed by atoms with Crippen LogP contribution in [0, 0.1) is 6.92 Å². The van der Waals surface area contributed by atoms with Gasteiger partial charge in [-0.3, -0.25) is 9.59 Å². The zero-order valence-corrected chi connectivity index (χ0v) is 11.4. The van der Waals surface area contributed by atoms with Crippen LogP contribution in [-0.4, -0.2) is 30.1 Å². The summed E-state index contributed by atoms with van der Waals surface area (Å²) in [4.78, 5) is 23.0. The number of carbonyl (C=O) groups excluding carboxylic acids is 1. The highest BCUT2D eigenvalue weighted by atomic mass is 16.5. The van der Waals surface area contributed by atoms with Gasteiger partial charge in [0, 0.05) is 5.39 Å². The van der Waals surface area contributed by atoms with Crippen molar-refractivity contribution in [1.82, 2.24) is 5.32 Å². The van der Waals surface area contributed by atoms with Crippen molar-refractivity contribution in [2.75, 3.05) is 7.11 Å². The number of amides is 1. The molecule has 0 aliphatic rings. The van der Waals surface area contributed by atoms with Crippen molar-refractivity contribution in [1.29, 1.82) is 0 Å². The first kappa shape index (κ1) is 13.9. The average Bonchev–Trinajstić information content (AvgIpc) is 2.73. The zero-order valence-electron chi connectivity index (χ0n) is 11.4. The number of carboxylic acid groups (broad SMARTS) is 1. The summed E-state index contributed by atoms with van der Waals surface area (Å²) in [5.74, 6) is -0.548. The van der Waals surface area contributed by atoms with Gasteiger partial charge in [-0.25, -0.2) is 0 Å². The van der Waals surface area contributed by atoms with E-state index in [0.29, 0.717) is 28.0 Å². The molecule has 20 heavy (non-hydrogen) atoms. The number of hydrogen-bond donors (Lipinski definition) is 2. The summed E-state index contributed by atoms with van der Waals surface area (Å²) in [7, 11) is 1.53. The standard InChI is InChI=1S/C14H15NO5/c1-7(14(17)18)15-13(16)12-8(2)20-11-5-4-9(19-3)6-10(11)12/h4-7H,1-3H3,(H,15,16)(H,17,18). The quantitative estimate of drug-likeness (QED) is 0.891. The molecule has 0 aliphatic carbocycles. The molecule has 1 atom stereocenters. The Bertz CT molecular complexity index is 673. The lowest BCUT2D eigenvalue weighted by Crippen LogP contribution is -2.38. The van der Waals surface area contributed by atoms with Crippen LogP contribution in [0.2, 0.25) is 0 Å². The van der Waals surface area contributed by atoms with Crippen molar-refractivity contribution in [3.8, 4) is 5.75 Å². The Balaban J connectivity index is 2.44. The van der Waals surface area contributed by atoms with Gasteiger partial charge in [-0.05, 0) is 32.0 Å². The molecule has 0 spiro atoms. The van der Waals surface area contributed by atoms with Crippen LogP contribution >= 0.6 is 0 Å². The SMILES string of the molecule is COc1ccc2oc(C)c(C(=O)NC(C)C(=O)O)c2c1. The third kappa shape index (κ3) is 2.45. The summed E-state index contributed by atoms with van der Waals surface area (Å²) in [6.07, 6.45) is 0. The summed E-state index contributed by atoms with van der Waals surface area (Å²) in [6.45, 7) is 3.06. The zero-order chi connectivity index (χ0) is 14.9. The van der Waals surface area contributed by atoms with Gasteiger partial charge in [-0.2, -0.15) is 0 Å². The fourth-order valence-electron chi connectivity index (χ4n) is 1.94. The Hall–Kier alpha value is -2.50. The summed E-state index contributed by atoms with van der Waals surface area (Å²) in [5, 5.41) is 11.8. The Morgan fingerprint density at radius 3 is 2.70 bits per heavy atom. The number of methoxy groups -OCH3 is 1. The topological polar surface area (TPSA) is 88.8 Å². The van der Waals surface area contributed by atoms with Gasteiger partial charge < -0.3 is 19.6 Å². The molecule has 1 aromatic heterocycles. The van der Waals surface area contributed by atoms with E-state index in [2.05, 4.69) is 5.32 Å². The second kappa shape index (κ2) is 5.24. The predicted octanol–water partition coefficient (Wildman–Crippen LogP) is 1.95. The number of furan rings is 1. The number of rotatable bonds is 4. The number of ether oxygens (including phenoxy) is 1. The average molecular weight is 277 g/mol. The van der Waals surface area contributed by atoms with E-state index in [9.17, 15) is 9.59 Å². The molecule has 1 heterocycles. The lowest BCUT2D eigenvalue weighted by molar-refractivity contribution is -0.138. The fraction of sp³-hybridized carbons (Fsp3) is 0.286. The van der Waals surface area contributed by atoms with E-state index >= 15 is 0 Å². The molecule has 0 bridgehead atoms. The lowest BCUT2D eigenvalue weighted by Gasteiger charge is -2.08. The fourth-order valence-corrected chi connectivity index (χ4v) is 1.94. The summed E-state index contributed by atoms with van der Waals surface area (Å²) in [6, 6.07) is 4.15. The monoisotopic (exact) mass is 277 g/mol. The summed E-state index contributed by atoms with van der Waals surface area (Å²) >= 11 is 0. The molecular formula is C14H15NO5. The largest absolute Gasteiger partial charge is 0.497 e. The van der Waals surface area contributed by atoms with Gasteiger partial charge in [0.25, 0.3) is 5.91 Å². The van der Waals surface area contributed by atoms with Crippen LogP contribution in [-0.2, 0) is 4.79 Å². The lowest BCUT2D eigenvalue weighted by atomic mass is 10.1. The van der Waals surface area contributed by atoms with E-state index in [1.165, 1.54) is 14.0 Å². The van der Waals surface area contributed by atoms with Crippen molar-refractivity contribution in [2.24, 2.45) is 0 Å². The van der Waals surface area contributed by atoms with E-state index in [4.69, 9.17) is 14.3 Å². The minimum Gasteiger partial charge on any atom is -0.497 e. The van der Waals surface area contributed by atoms with Gasteiger partial charge in [0.05, 0.1) is 12.7 Å². The van der Waals surface area contributed by atoms with E-state index in [1.54, 1.807) is 25.1 Å². The molecule has 1 aromatic carbocycles. The molecule has 1 unspecified atom stereocenters. The van der Waals surface area contributed by atoms with Crippen LogP contribution in [0.1, 0.15) is 23.0 Å². The second-order valence-corrected chi connectivity index (χ2v) is 4.43. The first-order valence-electron chi connectivity index (χ1n) is 6.05. The molecule has 6 heteroatoms. The highest BCUT2D eigenvalue weighted by Crippen LogP contribution is 2.28. The Labute approximate surface area is 115 Å². The van der Waals surface area contributed by atoms with Crippen LogP contribution in [0.4, 0.5) is 0 Å². The van der Waals surface area contributed by atoms with E-state index in [-0.39, 0.29) is 0 Å². The molecule has 2 N–H and O–H groups in total. The third-order valence-electron chi connectivity index (χ3n) is 3.02. The molecular weight excluding hydrogens is 262 g/mol. The normalized spacial score (nSPS) is 12.2. The third-order valence-corrected chi connectivity index (χ3v) is 3.02. The van der Waals surface area contributed by atoms with E-state index < -0.39 is 17.9 Å². The molecule has 1 amide bonds. The van der Waals surface area contributed by atoms with Crippen molar-refractivity contribution < 1.29 is 23.8 Å². The highest BCUT2D eigenvalue weighted by molar-refractivity contribution is 6.08. The maximum atomic E-state index is 12.2. The predicted molar refractivity (Wildman–Crippen MR) is 72.1 cm³/mol. The van der Waals surface area contributed by atoms with Gasteiger partial charge in [0.1, 0.15) is 23.1 Å². The first-order chi connectivity index (χ1) is 9.43. The number of carboxylic acids is 1.